The Hall–Kier alpha value is -2.44. The molecule has 0 bridgehead atoms. The smallest absolute Gasteiger partial charge is 0.263 e. The molecule has 0 radical (unpaired) electrons. The first kappa shape index (κ1) is 17.9. The molecule has 1 fully saturated rings. The van der Waals surface area contributed by atoms with Crippen molar-refractivity contribution in [1.82, 2.24) is 14.9 Å². The zero-order chi connectivity index (χ0) is 18.8. The van der Waals surface area contributed by atoms with Crippen molar-refractivity contribution in [2.24, 2.45) is 5.92 Å². The number of piperidine rings is 1. The minimum absolute atomic E-state index is 0.000925. The molecule has 1 aliphatic heterocycles. The van der Waals surface area contributed by atoms with Crippen molar-refractivity contribution in [1.29, 1.82) is 0 Å². The van der Waals surface area contributed by atoms with E-state index in [1.165, 1.54) is 12.5 Å². The number of methoxy groups -OCH3 is 1. The molecule has 0 amide bonds. The predicted octanol–water partition coefficient (Wildman–Crippen LogP) is 3.98. The number of pyridine rings is 1. The molecule has 2 aromatic heterocycles. The third kappa shape index (κ3) is 3.82. The quantitative estimate of drug-likeness (QED) is 0.488. The van der Waals surface area contributed by atoms with E-state index in [-0.39, 0.29) is 17.6 Å². The van der Waals surface area contributed by atoms with Crippen LogP contribution in [0.2, 0.25) is 5.15 Å². The number of likely N-dealkylation sites (tertiary alicyclic amines) is 1. The summed E-state index contributed by atoms with van der Waals surface area (Å²) < 4.78 is 10.4. The van der Waals surface area contributed by atoms with Gasteiger partial charge in [-0.2, -0.15) is 0 Å². The molecule has 0 aliphatic carbocycles. The van der Waals surface area contributed by atoms with Crippen LogP contribution < -0.4 is 4.74 Å². The van der Waals surface area contributed by atoms with E-state index >= 15 is 0 Å². The number of nitrogens with zero attached hydrogens (tertiary/aromatic N) is 3. The maximum Gasteiger partial charge on any atom is 0.263 e. The summed E-state index contributed by atoms with van der Waals surface area (Å²) in [6.45, 7) is 2.37. The minimum atomic E-state index is -0.0300. The fourth-order valence-electron chi connectivity index (χ4n) is 3.52. The van der Waals surface area contributed by atoms with Gasteiger partial charge in [0.15, 0.2) is 0 Å². The molecular formula is C20H20ClN3O3. The van der Waals surface area contributed by atoms with E-state index in [4.69, 9.17) is 20.8 Å². The van der Waals surface area contributed by atoms with Crippen LogP contribution >= 0.6 is 11.6 Å². The summed E-state index contributed by atoms with van der Waals surface area (Å²) in [5, 5.41) is 1.54. The topological polar surface area (TPSA) is 68.5 Å². The lowest BCUT2D eigenvalue weighted by Crippen LogP contribution is -2.36. The second kappa shape index (κ2) is 7.66. The molecule has 1 aliphatic rings. The molecular weight excluding hydrogens is 366 g/mol. The largest absolute Gasteiger partial charge is 0.497 e. The molecule has 0 unspecified atom stereocenters. The Balaban J connectivity index is 1.43. The highest BCUT2D eigenvalue weighted by molar-refractivity contribution is 6.30. The van der Waals surface area contributed by atoms with Crippen molar-refractivity contribution in [2.45, 2.75) is 19.4 Å². The van der Waals surface area contributed by atoms with Gasteiger partial charge in [-0.15, -0.1) is 0 Å². The monoisotopic (exact) mass is 385 g/mol. The first-order valence-corrected chi connectivity index (χ1v) is 9.31. The van der Waals surface area contributed by atoms with Gasteiger partial charge in [-0.05, 0) is 44.1 Å². The number of benzene rings is 1. The molecule has 6 nitrogen and oxygen atoms in total. The summed E-state index contributed by atoms with van der Waals surface area (Å²) in [4.78, 5) is 23.1. The number of fused-ring (bicyclic) bond motifs is 1. The van der Waals surface area contributed by atoms with Gasteiger partial charge in [-0.3, -0.25) is 9.69 Å². The minimum Gasteiger partial charge on any atom is -0.497 e. The Morgan fingerprint density at radius 2 is 2.15 bits per heavy atom. The number of ether oxygens (including phenoxy) is 1. The normalized spacial score (nSPS) is 15.9. The number of halogens is 1. The molecule has 1 saturated heterocycles. The van der Waals surface area contributed by atoms with Crippen LogP contribution in [-0.2, 0) is 6.54 Å². The molecule has 1 aromatic carbocycles. The van der Waals surface area contributed by atoms with E-state index in [9.17, 15) is 4.79 Å². The van der Waals surface area contributed by atoms with Gasteiger partial charge in [0.05, 0.1) is 18.8 Å². The lowest BCUT2D eigenvalue weighted by molar-refractivity contribution is 0.0799. The van der Waals surface area contributed by atoms with Gasteiger partial charge >= 0.3 is 0 Å². The Morgan fingerprint density at radius 3 is 2.85 bits per heavy atom. The summed E-state index contributed by atoms with van der Waals surface area (Å²) in [7, 11) is 1.63. The summed E-state index contributed by atoms with van der Waals surface area (Å²) in [6, 6.07) is 7.86. The van der Waals surface area contributed by atoms with Gasteiger partial charge in [0.2, 0.25) is 5.78 Å². The fraction of sp³-hybridized carbons (Fsp3) is 0.350. The fourth-order valence-corrected chi connectivity index (χ4v) is 3.72. The van der Waals surface area contributed by atoms with Crippen LogP contribution in [0.15, 0.2) is 41.1 Å². The van der Waals surface area contributed by atoms with Gasteiger partial charge in [-0.1, -0.05) is 11.6 Å². The van der Waals surface area contributed by atoms with Crippen LogP contribution in [-0.4, -0.2) is 40.9 Å². The van der Waals surface area contributed by atoms with Gasteiger partial charge in [0.25, 0.3) is 5.89 Å². The zero-order valence-corrected chi connectivity index (χ0v) is 15.8. The van der Waals surface area contributed by atoms with E-state index < -0.39 is 0 Å². The molecule has 27 heavy (non-hydrogen) atoms. The standard InChI is InChI=1S/C20H20ClN3O3/c1-26-16-3-2-14-10-15(19(21)23-17(14)11-16)12-24-7-4-13(5-8-24)18(25)20-22-6-9-27-20/h2-3,6,9-11,13H,4-5,7-8,12H2,1H3. The van der Waals surface area contributed by atoms with Gasteiger partial charge < -0.3 is 9.15 Å². The summed E-state index contributed by atoms with van der Waals surface area (Å²) in [5.74, 6) is 0.943. The average Bonchev–Trinajstić information content (AvgIpc) is 3.23. The number of ketones is 1. The highest BCUT2D eigenvalue weighted by atomic mass is 35.5. The Kier molecular flexibility index (Phi) is 5.09. The van der Waals surface area contributed by atoms with Crippen LogP contribution in [0.3, 0.4) is 0 Å². The van der Waals surface area contributed by atoms with Crippen LogP contribution in [0, 0.1) is 5.92 Å². The number of hydrogen-bond acceptors (Lipinski definition) is 6. The SMILES string of the molecule is COc1ccc2cc(CN3CCC(C(=O)c4ncco4)CC3)c(Cl)nc2c1. The molecule has 7 heteroatoms. The maximum atomic E-state index is 12.4. The van der Waals surface area contributed by atoms with Crippen molar-refractivity contribution in [3.63, 3.8) is 0 Å². The third-order valence-corrected chi connectivity index (χ3v) is 5.37. The lowest BCUT2D eigenvalue weighted by Gasteiger charge is -2.30. The number of carbonyl (C=O) groups is 1. The maximum absolute atomic E-state index is 12.4. The molecule has 3 heterocycles. The van der Waals surface area contributed by atoms with Crippen molar-refractivity contribution in [2.75, 3.05) is 20.2 Å². The number of Topliss-reactive ketones (excluding diaryl/α,β-unsaturated/α-hetero) is 1. The molecule has 0 spiro atoms. The van der Waals surface area contributed by atoms with E-state index in [1.54, 1.807) is 7.11 Å². The molecule has 0 saturated carbocycles. The molecule has 3 aromatic rings. The van der Waals surface area contributed by atoms with Gasteiger partial charge in [-0.25, -0.2) is 9.97 Å². The summed E-state index contributed by atoms with van der Waals surface area (Å²) >= 11 is 6.41. The lowest BCUT2D eigenvalue weighted by atomic mass is 9.92. The highest BCUT2D eigenvalue weighted by Crippen LogP contribution is 2.27. The van der Waals surface area contributed by atoms with Crippen molar-refractivity contribution >= 4 is 28.3 Å². The summed E-state index contributed by atoms with van der Waals surface area (Å²) in [6.07, 6.45) is 4.52. The number of oxazole rings is 1. The molecule has 140 valence electrons. The summed E-state index contributed by atoms with van der Waals surface area (Å²) in [5.41, 5.74) is 1.81. The third-order valence-electron chi connectivity index (χ3n) is 5.05. The van der Waals surface area contributed by atoms with Crippen LogP contribution in [0.5, 0.6) is 5.75 Å². The van der Waals surface area contributed by atoms with Crippen molar-refractivity contribution in [3.8, 4) is 5.75 Å². The second-order valence-electron chi connectivity index (χ2n) is 6.75. The van der Waals surface area contributed by atoms with Crippen LogP contribution in [0.25, 0.3) is 10.9 Å². The van der Waals surface area contributed by atoms with Crippen molar-refractivity contribution in [3.05, 3.63) is 53.3 Å². The Bertz CT molecular complexity index is 951. The number of aromatic nitrogens is 2. The first-order chi connectivity index (χ1) is 13.1. The Morgan fingerprint density at radius 1 is 1.33 bits per heavy atom. The number of hydrogen-bond donors (Lipinski definition) is 0. The van der Waals surface area contributed by atoms with E-state index in [0.717, 1.165) is 48.1 Å². The van der Waals surface area contributed by atoms with Gasteiger partial charge in [0, 0.05) is 29.5 Å². The number of rotatable bonds is 5. The van der Waals surface area contributed by atoms with Crippen LogP contribution in [0.4, 0.5) is 0 Å². The van der Waals surface area contributed by atoms with E-state index in [1.807, 2.05) is 18.2 Å². The van der Waals surface area contributed by atoms with E-state index in [2.05, 4.69) is 20.9 Å². The predicted molar refractivity (Wildman–Crippen MR) is 102 cm³/mol. The molecule has 0 atom stereocenters. The highest BCUT2D eigenvalue weighted by Gasteiger charge is 2.28. The second-order valence-corrected chi connectivity index (χ2v) is 7.11. The average molecular weight is 386 g/mol. The zero-order valence-electron chi connectivity index (χ0n) is 15.0. The number of carbonyl (C=O) groups excluding carboxylic acids is 1. The van der Waals surface area contributed by atoms with Gasteiger partial charge in [0.1, 0.15) is 17.2 Å². The Labute approximate surface area is 162 Å². The van der Waals surface area contributed by atoms with Crippen LogP contribution in [0.1, 0.15) is 29.1 Å². The first-order valence-electron chi connectivity index (χ1n) is 8.93. The van der Waals surface area contributed by atoms with Crippen molar-refractivity contribution < 1.29 is 13.9 Å². The molecule has 4 rings (SSSR count). The molecule has 0 N–H and O–H groups in total. The van der Waals surface area contributed by atoms with E-state index in [0.29, 0.717) is 11.7 Å².